The van der Waals surface area contributed by atoms with Gasteiger partial charge in [-0.15, -0.1) is 35.3 Å². The van der Waals surface area contributed by atoms with E-state index in [1.54, 1.807) is 25.3 Å². The van der Waals surface area contributed by atoms with Crippen molar-refractivity contribution in [3.8, 4) is 0 Å². The second-order valence-corrected chi connectivity index (χ2v) is 8.07. The Morgan fingerprint density at radius 2 is 2.05 bits per heavy atom. The second-order valence-electron chi connectivity index (χ2n) is 4.28. The lowest BCUT2D eigenvalue weighted by Gasteiger charge is -2.11. The standard InChI is InChI=1S/C12H22N4O2S2.HI/c1-4-20(17,18)8-7-15-12(13-3)14-6-5-11-16-9-10(2)19-11;/h9H,4-8H2,1-3H3,(H2,13,14,15);1H. The summed E-state index contributed by atoms with van der Waals surface area (Å²) in [7, 11) is -1.27. The summed E-state index contributed by atoms with van der Waals surface area (Å²) in [6.45, 7) is 4.76. The quantitative estimate of drug-likeness (QED) is 0.374. The van der Waals surface area contributed by atoms with Gasteiger partial charge in [-0.25, -0.2) is 13.4 Å². The highest BCUT2D eigenvalue weighted by Gasteiger charge is 2.07. The molecule has 9 heteroatoms. The highest BCUT2D eigenvalue weighted by molar-refractivity contribution is 14.0. The maximum absolute atomic E-state index is 11.4. The molecule has 2 N–H and O–H groups in total. The van der Waals surface area contributed by atoms with Gasteiger partial charge in [0.1, 0.15) is 0 Å². The lowest BCUT2D eigenvalue weighted by molar-refractivity contribution is 0.595. The first-order valence-corrected chi connectivity index (χ1v) is 9.17. The predicted octanol–water partition coefficient (Wildman–Crippen LogP) is 1.21. The fourth-order valence-corrected chi connectivity index (χ4v) is 2.98. The number of nitrogens with one attached hydrogen (secondary N) is 2. The number of aryl methyl sites for hydroxylation is 1. The van der Waals surface area contributed by atoms with Crippen molar-refractivity contribution in [3.05, 3.63) is 16.1 Å². The van der Waals surface area contributed by atoms with Crippen molar-refractivity contribution < 1.29 is 8.42 Å². The minimum Gasteiger partial charge on any atom is -0.356 e. The lowest BCUT2D eigenvalue weighted by atomic mass is 10.4. The fraction of sp³-hybridized carbons (Fsp3) is 0.667. The average Bonchev–Trinajstić information content (AvgIpc) is 2.82. The molecule has 1 rings (SSSR count). The van der Waals surface area contributed by atoms with Crippen LogP contribution in [0.4, 0.5) is 0 Å². The summed E-state index contributed by atoms with van der Waals surface area (Å²) < 4.78 is 22.7. The van der Waals surface area contributed by atoms with Crippen LogP contribution in [0.5, 0.6) is 0 Å². The van der Waals surface area contributed by atoms with Crippen LogP contribution in [-0.2, 0) is 16.3 Å². The van der Waals surface area contributed by atoms with Crippen molar-refractivity contribution in [2.75, 3.05) is 31.6 Å². The largest absolute Gasteiger partial charge is 0.356 e. The Balaban J connectivity index is 0.00000400. The third-order valence-corrected chi connectivity index (χ3v) is 5.35. The predicted molar refractivity (Wildman–Crippen MR) is 99.7 cm³/mol. The Bertz CT molecular complexity index is 543. The molecule has 0 aromatic carbocycles. The summed E-state index contributed by atoms with van der Waals surface area (Å²) in [4.78, 5) is 9.54. The van der Waals surface area contributed by atoms with Crippen LogP contribution in [-0.4, -0.2) is 51.0 Å². The summed E-state index contributed by atoms with van der Waals surface area (Å²) >= 11 is 1.68. The summed E-state index contributed by atoms with van der Waals surface area (Å²) in [6, 6.07) is 0. The van der Waals surface area contributed by atoms with E-state index in [4.69, 9.17) is 0 Å². The number of hydrogen-bond donors (Lipinski definition) is 2. The van der Waals surface area contributed by atoms with Crippen molar-refractivity contribution in [2.24, 2.45) is 4.99 Å². The summed E-state index contributed by atoms with van der Waals surface area (Å²) in [6.07, 6.45) is 2.69. The highest BCUT2D eigenvalue weighted by Crippen LogP contribution is 2.10. The van der Waals surface area contributed by atoms with Gasteiger partial charge in [0.15, 0.2) is 15.8 Å². The number of rotatable bonds is 7. The van der Waals surface area contributed by atoms with Crippen molar-refractivity contribution in [1.29, 1.82) is 0 Å². The van der Waals surface area contributed by atoms with Crippen LogP contribution in [0.3, 0.4) is 0 Å². The van der Waals surface area contributed by atoms with Crippen LogP contribution in [0.1, 0.15) is 16.8 Å². The van der Waals surface area contributed by atoms with Crippen LogP contribution in [0.25, 0.3) is 0 Å². The second kappa shape index (κ2) is 10.3. The molecule has 1 aromatic rings. The molecule has 0 atom stereocenters. The first-order chi connectivity index (χ1) is 9.46. The van der Waals surface area contributed by atoms with Gasteiger partial charge >= 0.3 is 0 Å². The van der Waals surface area contributed by atoms with Gasteiger partial charge in [-0.05, 0) is 6.92 Å². The summed E-state index contributed by atoms with van der Waals surface area (Å²) in [5, 5.41) is 7.22. The monoisotopic (exact) mass is 446 g/mol. The number of thiazole rings is 1. The molecule has 0 aliphatic rings. The minimum absolute atomic E-state index is 0. The number of halogens is 1. The molecule has 21 heavy (non-hydrogen) atoms. The first-order valence-electron chi connectivity index (χ1n) is 6.53. The number of aliphatic imine (C=N–C) groups is 1. The normalized spacial score (nSPS) is 11.9. The number of aromatic nitrogens is 1. The van der Waals surface area contributed by atoms with Gasteiger partial charge in [-0.1, -0.05) is 6.92 Å². The summed E-state index contributed by atoms with van der Waals surface area (Å²) in [5.41, 5.74) is 0. The summed E-state index contributed by atoms with van der Waals surface area (Å²) in [5.74, 6) is 0.907. The molecular formula is C12H23IN4O2S2. The van der Waals surface area contributed by atoms with E-state index in [1.807, 2.05) is 13.1 Å². The zero-order valence-corrected chi connectivity index (χ0v) is 16.5. The average molecular weight is 446 g/mol. The molecule has 0 radical (unpaired) electrons. The molecule has 0 fully saturated rings. The maximum Gasteiger partial charge on any atom is 0.191 e. The van der Waals surface area contributed by atoms with E-state index in [-0.39, 0.29) is 35.5 Å². The Morgan fingerprint density at radius 3 is 2.57 bits per heavy atom. The molecule has 0 bridgehead atoms. The van der Waals surface area contributed by atoms with Crippen molar-refractivity contribution in [1.82, 2.24) is 15.6 Å². The molecule has 0 saturated heterocycles. The van der Waals surface area contributed by atoms with Crippen molar-refractivity contribution in [2.45, 2.75) is 20.3 Å². The minimum atomic E-state index is -2.94. The fourth-order valence-electron chi connectivity index (χ4n) is 1.49. The van der Waals surface area contributed by atoms with Crippen LogP contribution in [0.15, 0.2) is 11.2 Å². The third-order valence-electron chi connectivity index (χ3n) is 2.67. The molecule has 0 aliphatic heterocycles. The van der Waals surface area contributed by atoms with Gasteiger partial charge in [0.2, 0.25) is 0 Å². The van der Waals surface area contributed by atoms with E-state index in [2.05, 4.69) is 20.6 Å². The van der Waals surface area contributed by atoms with Gasteiger partial charge in [0.05, 0.1) is 10.8 Å². The topological polar surface area (TPSA) is 83.5 Å². The Kier molecular flexibility index (Phi) is 10.1. The molecule has 0 saturated carbocycles. The molecular weight excluding hydrogens is 423 g/mol. The van der Waals surface area contributed by atoms with Crippen LogP contribution in [0.2, 0.25) is 0 Å². The Hall–Kier alpha value is -0.420. The molecule has 122 valence electrons. The number of hydrogen-bond acceptors (Lipinski definition) is 5. The van der Waals surface area contributed by atoms with E-state index < -0.39 is 9.84 Å². The lowest BCUT2D eigenvalue weighted by Crippen LogP contribution is -2.40. The maximum atomic E-state index is 11.4. The van der Waals surface area contributed by atoms with Crippen molar-refractivity contribution in [3.63, 3.8) is 0 Å². The SMILES string of the molecule is CCS(=O)(=O)CCNC(=NC)NCCc1ncc(C)s1.I. The number of nitrogens with zero attached hydrogens (tertiary/aromatic N) is 2. The van der Waals surface area contributed by atoms with Gasteiger partial charge in [-0.2, -0.15) is 0 Å². The Morgan fingerprint density at radius 1 is 1.38 bits per heavy atom. The van der Waals surface area contributed by atoms with Gasteiger partial charge in [0, 0.05) is 43.4 Å². The van der Waals surface area contributed by atoms with E-state index in [0.717, 1.165) is 11.4 Å². The zero-order valence-electron chi connectivity index (χ0n) is 12.5. The van der Waals surface area contributed by atoms with Crippen LogP contribution in [0, 0.1) is 6.92 Å². The van der Waals surface area contributed by atoms with E-state index in [9.17, 15) is 8.42 Å². The molecule has 6 nitrogen and oxygen atoms in total. The molecule has 0 amide bonds. The molecule has 1 heterocycles. The van der Waals surface area contributed by atoms with E-state index in [0.29, 0.717) is 19.0 Å². The van der Waals surface area contributed by atoms with Crippen molar-refractivity contribution >= 4 is 51.1 Å². The molecule has 0 spiro atoms. The highest BCUT2D eigenvalue weighted by atomic mass is 127. The Labute approximate surface area is 147 Å². The van der Waals surface area contributed by atoms with Crippen LogP contribution >= 0.6 is 35.3 Å². The number of sulfone groups is 1. The number of guanidine groups is 1. The molecule has 0 aliphatic carbocycles. The van der Waals surface area contributed by atoms with E-state index in [1.165, 1.54) is 4.88 Å². The molecule has 0 unspecified atom stereocenters. The first kappa shape index (κ1) is 20.6. The van der Waals surface area contributed by atoms with Gasteiger partial charge in [0.25, 0.3) is 0 Å². The van der Waals surface area contributed by atoms with Gasteiger partial charge in [-0.3, -0.25) is 4.99 Å². The van der Waals surface area contributed by atoms with Gasteiger partial charge < -0.3 is 10.6 Å². The van der Waals surface area contributed by atoms with E-state index >= 15 is 0 Å². The third kappa shape index (κ3) is 8.57. The van der Waals surface area contributed by atoms with Crippen LogP contribution < -0.4 is 10.6 Å². The molecule has 1 aromatic heterocycles. The smallest absolute Gasteiger partial charge is 0.191 e. The zero-order chi connectivity index (χ0) is 15.0.